The first-order chi connectivity index (χ1) is 19.9. The van der Waals surface area contributed by atoms with Crippen molar-refractivity contribution in [3.05, 3.63) is 57.4 Å². The standard InChI is InChI=1S/C32H38ClN3O5/c1-2-41-18-23-5-4-16-35(23)30(37)22-14-15-25-27(17-22)36(34-29(25)20-10-12-21(13-11-20)32(39)40)31(38)28-24(19-8-9-19)6-3-7-26(28)33/h3,6-7,10,19,21-23H,2,4-5,8-9,11-18H2,1H3,(H,39,40)/t21?,22?,23-/m1/s1. The maximum absolute atomic E-state index is 14.2. The molecule has 3 aliphatic carbocycles. The van der Waals surface area contributed by atoms with E-state index < -0.39 is 11.9 Å². The minimum atomic E-state index is -0.778. The van der Waals surface area contributed by atoms with E-state index in [1.807, 2.05) is 30.0 Å². The normalized spacial score (nSPS) is 24.2. The lowest BCUT2D eigenvalue weighted by atomic mass is 9.82. The summed E-state index contributed by atoms with van der Waals surface area (Å²) in [5.41, 5.74) is 5.04. The number of carbonyl (C=O) groups excluding carboxylic acids is 2. The number of ether oxygens (including phenoxy) is 1. The van der Waals surface area contributed by atoms with Crippen LogP contribution in [0, 0.1) is 11.8 Å². The number of likely N-dealkylation sites (tertiary alicyclic amines) is 1. The number of benzene rings is 1. The van der Waals surface area contributed by atoms with Crippen molar-refractivity contribution in [2.24, 2.45) is 11.8 Å². The number of carbonyl (C=O) groups is 3. The second kappa shape index (κ2) is 11.7. The summed E-state index contributed by atoms with van der Waals surface area (Å²) in [6.07, 6.45) is 9.37. The highest BCUT2D eigenvalue weighted by Gasteiger charge is 2.39. The van der Waals surface area contributed by atoms with Crippen LogP contribution in [0.25, 0.3) is 5.57 Å². The molecule has 1 saturated carbocycles. The third kappa shape index (κ3) is 5.48. The molecule has 1 aliphatic heterocycles. The van der Waals surface area contributed by atoms with Crippen LogP contribution in [0.5, 0.6) is 0 Å². The molecule has 1 saturated heterocycles. The number of halogens is 1. The Morgan fingerprint density at radius 3 is 2.61 bits per heavy atom. The van der Waals surface area contributed by atoms with Gasteiger partial charge in [-0.25, -0.2) is 0 Å². The van der Waals surface area contributed by atoms with E-state index in [4.69, 9.17) is 21.4 Å². The minimum Gasteiger partial charge on any atom is -0.481 e. The lowest BCUT2D eigenvalue weighted by Gasteiger charge is -2.31. The summed E-state index contributed by atoms with van der Waals surface area (Å²) in [5, 5.41) is 14.8. The monoisotopic (exact) mass is 579 g/mol. The third-order valence-corrected chi connectivity index (χ3v) is 9.64. The number of carboxylic acid groups (broad SMARTS) is 1. The first kappa shape index (κ1) is 28.2. The number of hydrogen-bond acceptors (Lipinski definition) is 5. The molecule has 6 rings (SSSR count). The molecular formula is C32H38ClN3O5. The van der Waals surface area contributed by atoms with Gasteiger partial charge in [-0.05, 0) is 87.8 Å². The fourth-order valence-electron chi connectivity index (χ4n) is 6.92. The van der Waals surface area contributed by atoms with Gasteiger partial charge in [0.1, 0.15) is 0 Å². The van der Waals surface area contributed by atoms with Gasteiger partial charge >= 0.3 is 5.97 Å². The topological polar surface area (TPSA) is 102 Å². The second-order valence-corrected chi connectivity index (χ2v) is 12.3. The van der Waals surface area contributed by atoms with Crippen LogP contribution in [-0.2, 0) is 27.2 Å². The van der Waals surface area contributed by atoms with E-state index in [-0.39, 0.29) is 23.8 Å². The molecule has 218 valence electrons. The van der Waals surface area contributed by atoms with E-state index in [1.54, 1.807) is 6.07 Å². The van der Waals surface area contributed by atoms with Gasteiger partial charge in [0.25, 0.3) is 5.91 Å². The predicted molar refractivity (Wildman–Crippen MR) is 155 cm³/mol. The Labute approximate surface area is 245 Å². The Balaban J connectivity index is 1.36. The molecule has 0 spiro atoms. The molecule has 4 aliphatic rings. The first-order valence-corrected chi connectivity index (χ1v) is 15.5. The van der Waals surface area contributed by atoms with Crippen LogP contribution in [0.1, 0.15) is 97.1 Å². The molecule has 0 bridgehead atoms. The zero-order chi connectivity index (χ0) is 28.7. The molecule has 41 heavy (non-hydrogen) atoms. The Hall–Kier alpha value is -2.97. The lowest BCUT2D eigenvalue weighted by molar-refractivity contribution is -0.142. The maximum atomic E-state index is 14.2. The summed E-state index contributed by atoms with van der Waals surface area (Å²) in [6.45, 7) is 3.90. The van der Waals surface area contributed by atoms with Gasteiger partial charge < -0.3 is 14.7 Å². The molecule has 1 amide bonds. The molecule has 3 atom stereocenters. The van der Waals surface area contributed by atoms with Crippen LogP contribution in [0.15, 0.2) is 24.3 Å². The molecule has 0 radical (unpaired) electrons. The van der Waals surface area contributed by atoms with Gasteiger partial charge in [-0.15, -0.1) is 0 Å². The van der Waals surface area contributed by atoms with Gasteiger partial charge in [-0.1, -0.05) is 29.8 Å². The molecular weight excluding hydrogens is 542 g/mol. The zero-order valence-corrected chi connectivity index (χ0v) is 24.4. The van der Waals surface area contributed by atoms with Gasteiger partial charge in [0, 0.05) is 31.1 Å². The van der Waals surface area contributed by atoms with Crippen molar-refractivity contribution in [2.75, 3.05) is 19.8 Å². The van der Waals surface area contributed by atoms with Crippen LogP contribution >= 0.6 is 11.6 Å². The largest absolute Gasteiger partial charge is 0.481 e. The second-order valence-electron chi connectivity index (χ2n) is 11.9. The molecule has 1 aromatic heterocycles. The van der Waals surface area contributed by atoms with E-state index in [9.17, 15) is 19.5 Å². The third-order valence-electron chi connectivity index (χ3n) is 9.33. The van der Waals surface area contributed by atoms with Crippen molar-refractivity contribution < 1.29 is 24.2 Å². The van der Waals surface area contributed by atoms with Crippen molar-refractivity contribution in [3.63, 3.8) is 0 Å². The quantitative estimate of drug-likeness (QED) is 0.443. The van der Waals surface area contributed by atoms with Crippen LogP contribution in [0.2, 0.25) is 5.02 Å². The van der Waals surface area contributed by atoms with Gasteiger partial charge in [0.05, 0.1) is 40.5 Å². The van der Waals surface area contributed by atoms with Crippen molar-refractivity contribution >= 4 is 35.0 Å². The smallest absolute Gasteiger partial charge is 0.306 e. The SMILES string of the molecule is CCOC[C@H]1CCCN1C(=O)C1CCc2c(C3=CCC(C(=O)O)CC3)nn(C(=O)c3c(Cl)cccc3C3CC3)c2C1. The fraction of sp³-hybridized carbons (Fsp3) is 0.562. The fourth-order valence-corrected chi connectivity index (χ4v) is 7.18. The number of nitrogens with zero attached hydrogens (tertiary/aromatic N) is 3. The zero-order valence-electron chi connectivity index (χ0n) is 23.6. The lowest BCUT2D eigenvalue weighted by Crippen LogP contribution is -2.43. The molecule has 2 heterocycles. The van der Waals surface area contributed by atoms with Crippen molar-refractivity contribution in [1.29, 1.82) is 0 Å². The highest BCUT2D eigenvalue weighted by molar-refractivity contribution is 6.34. The van der Waals surface area contributed by atoms with Crippen LogP contribution in [0.3, 0.4) is 0 Å². The average Bonchev–Trinajstić information content (AvgIpc) is 3.60. The van der Waals surface area contributed by atoms with Gasteiger partial charge in [-0.2, -0.15) is 9.78 Å². The summed E-state index contributed by atoms with van der Waals surface area (Å²) >= 11 is 6.65. The van der Waals surface area contributed by atoms with E-state index in [0.29, 0.717) is 68.2 Å². The summed E-state index contributed by atoms with van der Waals surface area (Å²) in [7, 11) is 0. The highest BCUT2D eigenvalue weighted by atomic mass is 35.5. The summed E-state index contributed by atoms with van der Waals surface area (Å²) in [5.74, 6) is -1.18. The summed E-state index contributed by atoms with van der Waals surface area (Å²) < 4.78 is 7.19. The number of hydrogen-bond donors (Lipinski definition) is 1. The molecule has 2 fully saturated rings. The van der Waals surface area contributed by atoms with Crippen LogP contribution < -0.4 is 0 Å². The first-order valence-electron chi connectivity index (χ1n) is 15.1. The molecule has 9 heteroatoms. The number of amides is 1. The molecule has 2 unspecified atom stereocenters. The summed E-state index contributed by atoms with van der Waals surface area (Å²) in [4.78, 5) is 41.6. The minimum absolute atomic E-state index is 0.102. The van der Waals surface area contributed by atoms with Gasteiger partial charge in [0.15, 0.2) is 0 Å². The molecule has 8 nitrogen and oxygen atoms in total. The molecule has 1 N–H and O–H groups in total. The Bertz CT molecular complexity index is 1390. The summed E-state index contributed by atoms with van der Waals surface area (Å²) in [6, 6.07) is 5.74. The van der Waals surface area contributed by atoms with Crippen molar-refractivity contribution in [2.45, 2.75) is 83.1 Å². The number of aromatic nitrogens is 2. The van der Waals surface area contributed by atoms with Gasteiger partial charge in [0.2, 0.25) is 5.91 Å². The van der Waals surface area contributed by atoms with Crippen molar-refractivity contribution in [1.82, 2.24) is 14.7 Å². The molecule has 2 aromatic rings. The Kier molecular flexibility index (Phi) is 8.05. The van der Waals surface area contributed by atoms with E-state index >= 15 is 0 Å². The predicted octanol–water partition coefficient (Wildman–Crippen LogP) is 5.50. The molecule has 1 aromatic carbocycles. The maximum Gasteiger partial charge on any atom is 0.306 e. The highest BCUT2D eigenvalue weighted by Crippen LogP contribution is 2.44. The van der Waals surface area contributed by atoms with Gasteiger partial charge in [-0.3, -0.25) is 14.4 Å². The van der Waals surface area contributed by atoms with Crippen LogP contribution in [-0.4, -0.2) is 63.4 Å². The average molecular weight is 580 g/mol. The van der Waals surface area contributed by atoms with E-state index in [0.717, 1.165) is 60.3 Å². The van der Waals surface area contributed by atoms with Crippen LogP contribution in [0.4, 0.5) is 0 Å². The number of aliphatic carboxylic acids is 1. The Morgan fingerprint density at radius 2 is 1.90 bits per heavy atom. The van der Waals surface area contributed by atoms with E-state index in [2.05, 4.69) is 0 Å². The van der Waals surface area contributed by atoms with E-state index in [1.165, 1.54) is 4.68 Å². The number of fused-ring (bicyclic) bond motifs is 1. The number of rotatable bonds is 8. The Morgan fingerprint density at radius 1 is 1.10 bits per heavy atom. The van der Waals surface area contributed by atoms with Crippen molar-refractivity contribution in [3.8, 4) is 0 Å². The number of carboxylic acids is 1. The number of allylic oxidation sites excluding steroid dienone is 2.